The van der Waals surface area contributed by atoms with Crippen molar-refractivity contribution in [2.45, 2.75) is 110 Å². The average Bonchev–Trinajstić information content (AvgIpc) is 2.81. The lowest BCUT2D eigenvalue weighted by atomic mass is 9.87. The number of esters is 1. The summed E-state index contributed by atoms with van der Waals surface area (Å²) in [4.78, 5) is 12.8. The Bertz CT molecular complexity index is 590. The quantitative estimate of drug-likeness (QED) is 0.214. The summed E-state index contributed by atoms with van der Waals surface area (Å²) in [6, 6.07) is 8.03. The molecular formula is C27H44O4. The van der Waals surface area contributed by atoms with Crippen molar-refractivity contribution in [1.29, 1.82) is 0 Å². The van der Waals surface area contributed by atoms with Gasteiger partial charge in [0.25, 0.3) is 0 Å². The predicted molar refractivity (Wildman–Crippen MR) is 126 cm³/mol. The molecule has 1 unspecified atom stereocenters. The van der Waals surface area contributed by atoms with E-state index in [0.717, 1.165) is 69.5 Å². The Morgan fingerprint density at radius 1 is 0.871 bits per heavy atom. The first-order valence-corrected chi connectivity index (χ1v) is 12.7. The zero-order chi connectivity index (χ0) is 22.3. The van der Waals surface area contributed by atoms with Crippen molar-refractivity contribution in [3.05, 3.63) is 29.8 Å². The van der Waals surface area contributed by atoms with Crippen molar-refractivity contribution in [3.63, 3.8) is 0 Å². The van der Waals surface area contributed by atoms with Crippen LogP contribution in [0.15, 0.2) is 24.3 Å². The summed E-state index contributed by atoms with van der Waals surface area (Å²) >= 11 is 0. The Labute approximate surface area is 190 Å². The van der Waals surface area contributed by atoms with Crippen molar-refractivity contribution < 1.29 is 19.0 Å². The summed E-state index contributed by atoms with van der Waals surface area (Å²) in [5.41, 5.74) is 1.04. The molecule has 1 atom stereocenters. The molecule has 1 aliphatic carbocycles. The van der Waals surface area contributed by atoms with E-state index in [0.29, 0.717) is 6.10 Å². The smallest absolute Gasteiger partial charge is 0.309 e. The fourth-order valence-electron chi connectivity index (χ4n) is 4.19. The summed E-state index contributed by atoms with van der Waals surface area (Å²) in [6.07, 6.45) is 13.0. The van der Waals surface area contributed by atoms with Gasteiger partial charge in [-0.25, -0.2) is 0 Å². The minimum absolute atomic E-state index is 0.00941. The van der Waals surface area contributed by atoms with E-state index in [1.807, 2.05) is 24.3 Å². The van der Waals surface area contributed by atoms with Crippen molar-refractivity contribution in [2.24, 2.45) is 5.92 Å². The topological polar surface area (TPSA) is 44.8 Å². The molecule has 0 heterocycles. The molecule has 176 valence electrons. The van der Waals surface area contributed by atoms with Gasteiger partial charge in [0, 0.05) is 6.61 Å². The molecule has 0 radical (unpaired) electrons. The van der Waals surface area contributed by atoms with E-state index in [1.54, 1.807) is 0 Å². The van der Waals surface area contributed by atoms with E-state index in [1.165, 1.54) is 32.1 Å². The summed E-state index contributed by atoms with van der Waals surface area (Å²) in [6.45, 7) is 8.09. The Kier molecular flexibility index (Phi) is 12.7. The fraction of sp³-hybridized carbons (Fsp3) is 0.741. The lowest BCUT2D eigenvalue weighted by Crippen LogP contribution is -2.28. The minimum atomic E-state index is -0.186. The maximum absolute atomic E-state index is 12.8. The van der Waals surface area contributed by atoms with Crippen molar-refractivity contribution in [1.82, 2.24) is 0 Å². The van der Waals surface area contributed by atoms with Gasteiger partial charge in [-0.1, -0.05) is 65.0 Å². The van der Waals surface area contributed by atoms with Gasteiger partial charge < -0.3 is 14.2 Å². The van der Waals surface area contributed by atoms with Crippen LogP contribution >= 0.6 is 0 Å². The molecule has 0 spiro atoms. The molecule has 0 aromatic heterocycles. The third-order valence-electron chi connectivity index (χ3n) is 6.26. The number of ether oxygens (including phenoxy) is 3. The minimum Gasteiger partial charge on any atom is -0.494 e. The number of hydrogen-bond donors (Lipinski definition) is 0. The number of carbonyl (C=O) groups is 1. The van der Waals surface area contributed by atoms with Gasteiger partial charge >= 0.3 is 5.97 Å². The van der Waals surface area contributed by atoms with Crippen LogP contribution in [0.2, 0.25) is 0 Å². The molecule has 1 aromatic carbocycles. The highest BCUT2D eigenvalue weighted by molar-refractivity contribution is 5.72. The Balaban J connectivity index is 1.72. The molecule has 0 N–H and O–H groups in total. The van der Waals surface area contributed by atoms with E-state index < -0.39 is 0 Å². The molecule has 4 heteroatoms. The van der Waals surface area contributed by atoms with Gasteiger partial charge in [-0.05, 0) is 62.6 Å². The summed E-state index contributed by atoms with van der Waals surface area (Å²) in [5, 5.41) is 0. The van der Waals surface area contributed by atoms with E-state index in [4.69, 9.17) is 14.2 Å². The lowest BCUT2D eigenvalue weighted by molar-refractivity contribution is -0.156. The molecule has 2 rings (SSSR count). The zero-order valence-electron chi connectivity index (χ0n) is 20.1. The second-order valence-corrected chi connectivity index (χ2v) is 8.86. The summed E-state index contributed by atoms with van der Waals surface area (Å²) < 4.78 is 17.7. The van der Waals surface area contributed by atoms with E-state index in [-0.39, 0.29) is 18.0 Å². The summed E-state index contributed by atoms with van der Waals surface area (Å²) in [5.74, 6) is 0.845. The molecule has 1 fully saturated rings. The first-order chi connectivity index (χ1) is 15.2. The SMILES string of the molecule is CCCCCCOC1CCC(C(=O)OC(CC)c2ccc(OCCCCC)cc2)CC1. The number of rotatable bonds is 15. The van der Waals surface area contributed by atoms with Gasteiger partial charge in [-0.3, -0.25) is 4.79 Å². The van der Waals surface area contributed by atoms with Crippen LogP contribution in [-0.2, 0) is 14.3 Å². The monoisotopic (exact) mass is 432 g/mol. The van der Waals surface area contributed by atoms with Gasteiger partial charge in [0.05, 0.1) is 18.6 Å². The Morgan fingerprint density at radius 3 is 2.16 bits per heavy atom. The van der Waals surface area contributed by atoms with Crippen molar-refractivity contribution in [3.8, 4) is 5.75 Å². The highest BCUT2D eigenvalue weighted by atomic mass is 16.5. The largest absolute Gasteiger partial charge is 0.494 e. The lowest BCUT2D eigenvalue weighted by Gasteiger charge is -2.28. The van der Waals surface area contributed by atoms with Crippen LogP contribution in [0.5, 0.6) is 5.75 Å². The predicted octanol–water partition coefficient (Wildman–Crippen LogP) is 7.41. The van der Waals surface area contributed by atoms with Crippen LogP contribution in [0.25, 0.3) is 0 Å². The molecule has 1 saturated carbocycles. The molecule has 1 aliphatic rings. The number of hydrogen-bond acceptors (Lipinski definition) is 4. The molecular weight excluding hydrogens is 388 g/mol. The van der Waals surface area contributed by atoms with Gasteiger partial charge in [-0.2, -0.15) is 0 Å². The Hall–Kier alpha value is -1.55. The van der Waals surface area contributed by atoms with Crippen LogP contribution in [0, 0.1) is 5.92 Å². The van der Waals surface area contributed by atoms with E-state index in [2.05, 4.69) is 20.8 Å². The molecule has 31 heavy (non-hydrogen) atoms. The average molecular weight is 433 g/mol. The van der Waals surface area contributed by atoms with Crippen molar-refractivity contribution >= 4 is 5.97 Å². The number of benzene rings is 1. The van der Waals surface area contributed by atoms with Crippen molar-refractivity contribution in [2.75, 3.05) is 13.2 Å². The van der Waals surface area contributed by atoms with Gasteiger partial charge in [-0.15, -0.1) is 0 Å². The van der Waals surface area contributed by atoms with E-state index in [9.17, 15) is 4.79 Å². The third-order valence-corrected chi connectivity index (χ3v) is 6.26. The normalized spacial score (nSPS) is 19.7. The molecule has 1 aromatic rings. The zero-order valence-corrected chi connectivity index (χ0v) is 20.1. The molecule has 0 saturated heterocycles. The maximum Gasteiger partial charge on any atom is 0.309 e. The highest BCUT2D eigenvalue weighted by Gasteiger charge is 2.29. The number of carbonyl (C=O) groups excluding carboxylic acids is 1. The standard InChI is InChI=1S/C27H44O4/c1-4-7-9-11-21-30-25-18-14-23(15-19-25)27(28)31-26(6-3)22-12-16-24(17-13-22)29-20-10-8-5-2/h12-13,16-17,23,25-26H,4-11,14-15,18-21H2,1-3H3. The Morgan fingerprint density at radius 2 is 1.52 bits per heavy atom. The van der Waals surface area contributed by atoms with Crippen LogP contribution in [0.1, 0.15) is 109 Å². The van der Waals surface area contributed by atoms with Crippen LogP contribution < -0.4 is 4.74 Å². The van der Waals surface area contributed by atoms with Gasteiger partial charge in [0.2, 0.25) is 0 Å². The van der Waals surface area contributed by atoms with Gasteiger partial charge in [0.1, 0.15) is 11.9 Å². The highest BCUT2D eigenvalue weighted by Crippen LogP contribution is 2.31. The fourth-order valence-corrected chi connectivity index (χ4v) is 4.19. The molecule has 0 amide bonds. The van der Waals surface area contributed by atoms with Crippen LogP contribution in [0.4, 0.5) is 0 Å². The number of unbranched alkanes of at least 4 members (excludes halogenated alkanes) is 5. The third kappa shape index (κ3) is 9.64. The maximum atomic E-state index is 12.8. The first-order valence-electron chi connectivity index (χ1n) is 12.7. The first kappa shape index (κ1) is 25.7. The van der Waals surface area contributed by atoms with E-state index >= 15 is 0 Å². The van der Waals surface area contributed by atoms with Gasteiger partial charge in [0.15, 0.2) is 0 Å². The molecule has 4 nitrogen and oxygen atoms in total. The summed E-state index contributed by atoms with van der Waals surface area (Å²) in [7, 11) is 0. The van der Waals surface area contributed by atoms with Crippen LogP contribution in [0.3, 0.4) is 0 Å². The molecule has 0 aliphatic heterocycles. The van der Waals surface area contributed by atoms with Crippen LogP contribution in [-0.4, -0.2) is 25.3 Å². The second-order valence-electron chi connectivity index (χ2n) is 8.86. The molecule has 0 bridgehead atoms. The second kappa shape index (κ2) is 15.3.